The minimum absolute atomic E-state index is 0.130. The summed E-state index contributed by atoms with van der Waals surface area (Å²) in [4.78, 5) is 56.5. The summed E-state index contributed by atoms with van der Waals surface area (Å²) in [5.74, 6) is -0.486. The van der Waals surface area contributed by atoms with Crippen LogP contribution in [0.15, 0.2) is 43.2 Å². The summed E-state index contributed by atoms with van der Waals surface area (Å²) in [5, 5.41) is 8.52. The van der Waals surface area contributed by atoms with Gasteiger partial charge in [0.1, 0.15) is 16.8 Å². The van der Waals surface area contributed by atoms with E-state index in [0.717, 1.165) is 55.5 Å². The molecule has 1 aliphatic heterocycles. The number of anilines is 2. The van der Waals surface area contributed by atoms with Gasteiger partial charge in [0.2, 0.25) is 0 Å². The molecule has 7 rings (SSSR count). The van der Waals surface area contributed by atoms with Crippen molar-refractivity contribution < 1.29 is 23.9 Å². The van der Waals surface area contributed by atoms with Crippen LogP contribution in [0.1, 0.15) is 78.7 Å². The number of ether oxygens (including phenoxy) is 2. The molecule has 4 aromatic heterocycles. The number of carbonyl (C=O) groups excluding carboxylic acids is 3. The molecule has 1 saturated carbocycles. The summed E-state index contributed by atoms with van der Waals surface area (Å²) in [5.41, 5.74) is 3.67. The van der Waals surface area contributed by atoms with Gasteiger partial charge in [0.25, 0.3) is 5.91 Å². The molecule has 0 spiro atoms. The van der Waals surface area contributed by atoms with E-state index in [4.69, 9.17) is 14.5 Å². The van der Waals surface area contributed by atoms with Crippen LogP contribution in [0.5, 0.6) is 0 Å². The molecular weight excluding hydrogens is 640 g/mol. The van der Waals surface area contributed by atoms with Crippen LogP contribution in [-0.4, -0.2) is 94.5 Å². The molecular formula is C35H42N10O5. The zero-order valence-electron chi connectivity index (χ0n) is 29.2. The first-order chi connectivity index (χ1) is 23.9. The molecule has 0 unspecified atom stereocenters. The molecule has 0 atom stereocenters. The molecule has 50 heavy (non-hydrogen) atoms. The van der Waals surface area contributed by atoms with Crippen LogP contribution in [0.3, 0.4) is 0 Å². The van der Waals surface area contributed by atoms with E-state index in [9.17, 15) is 14.4 Å². The lowest BCUT2D eigenvalue weighted by molar-refractivity contribution is 0.0113. The summed E-state index contributed by atoms with van der Waals surface area (Å²) in [6, 6.07) is 4.19. The Bertz CT molecular complexity index is 2100. The summed E-state index contributed by atoms with van der Waals surface area (Å²) in [6.07, 6.45) is 12.1. The van der Waals surface area contributed by atoms with Crippen molar-refractivity contribution in [1.29, 1.82) is 0 Å². The molecule has 2 aliphatic rings. The predicted octanol–water partition coefficient (Wildman–Crippen LogP) is 4.58. The van der Waals surface area contributed by atoms with Gasteiger partial charge in [-0.05, 0) is 65.5 Å². The molecule has 1 N–H and O–H groups in total. The van der Waals surface area contributed by atoms with Gasteiger partial charge in [0, 0.05) is 61.9 Å². The number of rotatable bonds is 8. The van der Waals surface area contributed by atoms with E-state index in [0.29, 0.717) is 34.8 Å². The Morgan fingerprint density at radius 2 is 1.74 bits per heavy atom. The minimum Gasteiger partial charge on any atom is -0.464 e. The number of piperidine rings is 1. The highest BCUT2D eigenvalue weighted by atomic mass is 16.6. The molecule has 2 amide bonds. The van der Waals surface area contributed by atoms with Gasteiger partial charge in [0.05, 0.1) is 37.4 Å². The van der Waals surface area contributed by atoms with E-state index in [-0.39, 0.29) is 29.8 Å². The Morgan fingerprint density at radius 3 is 2.44 bits per heavy atom. The predicted molar refractivity (Wildman–Crippen MR) is 185 cm³/mol. The Hall–Kier alpha value is -5.47. The summed E-state index contributed by atoms with van der Waals surface area (Å²) >= 11 is 0. The van der Waals surface area contributed by atoms with Gasteiger partial charge in [-0.3, -0.25) is 14.5 Å². The SMILES string of the molecule is COC(=O)c1cn(Cc2nc(C)cn3cc(NC(=O)c4ccc(N5CCC(N(C(=O)OC(C)(C)C)C6CC6)CC5)c5cn(C)nc45)nc23)cn1. The zero-order chi connectivity index (χ0) is 35.3. The normalized spacial score (nSPS) is 15.4. The number of amides is 2. The number of carbonyl (C=O) groups is 3. The molecule has 1 saturated heterocycles. The number of nitrogens with one attached hydrogen (secondary N) is 1. The Kier molecular flexibility index (Phi) is 8.44. The summed E-state index contributed by atoms with van der Waals surface area (Å²) in [6.45, 7) is 9.44. The molecule has 15 heteroatoms. The van der Waals surface area contributed by atoms with Crippen molar-refractivity contribution in [2.75, 3.05) is 30.4 Å². The maximum atomic E-state index is 13.7. The van der Waals surface area contributed by atoms with Crippen molar-refractivity contribution in [2.45, 2.75) is 77.6 Å². The Labute approximate surface area is 289 Å². The number of imidazole rings is 2. The first kappa shape index (κ1) is 33.0. The van der Waals surface area contributed by atoms with E-state index >= 15 is 0 Å². The first-order valence-corrected chi connectivity index (χ1v) is 16.9. The third-order valence-electron chi connectivity index (χ3n) is 8.98. The number of nitrogens with zero attached hydrogens (tertiary/aromatic N) is 9. The summed E-state index contributed by atoms with van der Waals surface area (Å²) in [7, 11) is 3.16. The lowest BCUT2D eigenvalue weighted by atomic mass is 10.0. The quantitative estimate of drug-likeness (QED) is 0.230. The average Bonchev–Trinajstić information content (AvgIpc) is 3.42. The number of aryl methyl sites for hydroxylation is 2. The standard InChI is InChI=1S/C35H42N10O5/c1-21-15-44-19-29(38-31(44)26(37-21)17-42-18-27(36-20-42)33(47)49-6)39-32(46)24-9-10-28(25-16-41(5)40-30(24)25)43-13-11-23(12-14-43)45(22-7-8-22)34(48)50-35(2,3)4/h9-10,15-16,18-20,22-23H,7-8,11-14,17H2,1-6H3,(H,39,46). The molecule has 262 valence electrons. The second kappa shape index (κ2) is 12.8. The fourth-order valence-electron chi connectivity index (χ4n) is 6.69. The van der Waals surface area contributed by atoms with Crippen LogP contribution in [-0.2, 0) is 23.1 Å². The lowest BCUT2D eigenvalue weighted by Gasteiger charge is -2.40. The van der Waals surface area contributed by atoms with Crippen molar-refractivity contribution in [3.63, 3.8) is 0 Å². The van der Waals surface area contributed by atoms with Crippen molar-refractivity contribution in [3.8, 4) is 0 Å². The van der Waals surface area contributed by atoms with Crippen LogP contribution < -0.4 is 10.2 Å². The molecule has 15 nitrogen and oxygen atoms in total. The van der Waals surface area contributed by atoms with Crippen LogP contribution >= 0.6 is 0 Å². The molecule has 0 radical (unpaired) electrons. The molecule has 0 bridgehead atoms. The zero-order valence-corrected chi connectivity index (χ0v) is 29.2. The topological polar surface area (TPSA) is 154 Å². The largest absolute Gasteiger partial charge is 0.464 e. The third-order valence-corrected chi connectivity index (χ3v) is 8.98. The molecule has 1 aromatic carbocycles. The molecule has 5 heterocycles. The van der Waals surface area contributed by atoms with E-state index in [1.807, 2.05) is 68.6 Å². The van der Waals surface area contributed by atoms with Gasteiger partial charge in [-0.25, -0.2) is 19.6 Å². The van der Waals surface area contributed by atoms with Gasteiger partial charge in [-0.1, -0.05) is 0 Å². The number of esters is 1. The number of benzene rings is 1. The number of hydrogen-bond donors (Lipinski definition) is 1. The first-order valence-electron chi connectivity index (χ1n) is 16.9. The van der Waals surface area contributed by atoms with E-state index in [2.05, 4.69) is 25.3 Å². The van der Waals surface area contributed by atoms with E-state index in [1.54, 1.807) is 21.6 Å². The molecule has 1 aliphatic carbocycles. The Balaban J connectivity index is 1.08. The highest BCUT2D eigenvalue weighted by Crippen LogP contribution is 2.36. The van der Waals surface area contributed by atoms with Gasteiger partial charge in [-0.2, -0.15) is 5.10 Å². The average molecular weight is 683 g/mol. The van der Waals surface area contributed by atoms with Crippen molar-refractivity contribution in [3.05, 3.63) is 65.9 Å². The van der Waals surface area contributed by atoms with Crippen molar-refractivity contribution in [2.24, 2.45) is 7.05 Å². The second-order valence-electron chi connectivity index (χ2n) is 14.1. The number of hydrogen-bond acceptors (Lipinski definition) is 10. The summed E-state index contributed by atoms with van der Waals surface area (Å²) < 4.78 is 15.8. The van der Waals surface area contributed by atoms with E-state index < -0.39 is 11.6 Å². The smallest absolute Gasteiger partial charge is 0.410 e. The van der Waals surface area contributed by atoms with Gasteiger partial charge in [-0.15, -0.1) is 0 Å². The lowest BCUT2D eigenvalue weighted by Crippen LogP contribution is -2.50. The highest BCUT2D eigenvalue weighted by Gasteiger charge is 2.41. The van der Waals surface area contributed by atoms with Crippen LogP contribution in [0.2, 0.25) is 0 Å². The third kappa shape index (κ3) is 6.71. The van der Waals surface area contributed by atoms with Crippen molar-refractivity contribution in [1.82, 2.24) is 38.6 Å². The fraction of sp³-hybridized carbons (Fsp3) is 0.457. The fourth-order valence-corrected chi connectivity index (χ4v) is 6.69. The van der Waals surface area contributed by atoms with Crippen molar-refractivity contribution >= 4 is 46.0 Å². The Morgan fingerprint density at radius 1 is 1.00 bits per heavy atom. The maximum Gasteiger partial charge on any atom is 0.410 e. The molecule has 2 fully saturated rings. The minimum atomic E-state index is -0.533. The number of aromatic nitrogens is 7. The number of fused-ring (bicyclic) bond motifs is 2. The number of methoxy groups -OCH3 is 1. The van der Waals surface area contributed by atoms with Crippen LogP contribution in [0, 0.1) is 6.92 Å². The van der Waals surface area contributed by atoms with Gasteiger partial charge in [0.15, 0.2) is 17.2 Å². The maximum absolute atomic E-state index is 13.7. The van der Waals surface area contributed by atoms with Gasteiger partial charge < -0.3 is 33.6 Å². The van der Waals surface area contributed by atoms with Gasteiger partial charge >= 0.3 is 12.1 Å². The van der Waals surface area contributed by atoms with Crippen LogP contribution in [0.4, 0.5) is 16.3 Å². The van der Waals surface area contributed by atoms with E-state index in [1.165, 1.54) is 13.4 Å². The monoisotopic (exact) mass is 682 g/mol. The van der Waals surface area contributed by atoms with Crippen LogP contribution in [0.25, 0.3) is 16.6 Å². The second-order valence-corrected chi connectivity index (χ2v) is 14.1. The molecule has 5 aromatic rings. The highest BCUT2D eigenvalue weighted by molar-refractivity contribution is 6.13.